The largest absolute Gasteiger partial charge is 0.465 e. The Morgan fingerprint density at radius 3 is 2.42 bits per heavy atom. The fourth-order valence-electron chi connectivity index (χ4n) is 1.34. The van der Waals surface area contributed by atoms with E-state index >= 15 is 0 Å². The third kappa shape index (κ3) is 4.57. The second-order valence-electron chi connectivity index (χ2n) is 5.01. The van der Waals surface area contributed by atoms with Crippen molar-refractivity contribution in [2.45, 2.75) is 33.3 Å². The summed E-state index contributed by atoms with van der Waals surface area (Å²) < 4.78 is 9.70. The van der Waals surface area contributed by atoms with Crippen LogP contribution in [-0.2, 0) is 9.47 Å². The first-order valence-corrected chi connectivity index (χ1v) is 5.78. The second-order valence-corrected chi connectivity index (χ2v) is 5.01. The van der Waals surface area contributed by atoms with Crippen LogP contribution in [0.4, 0.5) is 10.6 Å². The molecule has 1 heterocycles. The van der Waals surface area contributed by atoms with Gasteiger partial charge in [-0.1, -0.05) is 0 Å². The minimum Gasteiger partial charge on any atom is -0.465 e. The van der Waals surface area contributed by atoms with Crippen LogP contribution in [0, 0.1) is 6.92 Å². The zero-order valence-corrected chi connectivity index (χ0v) is 11.7. The van der Waals surface area contributed by atoms with Crippen molar-refractivity contribution in [1.82, 2.24) is 4.98 Å². The van der Waals surface area contributed by atoms with Crippen molar-refractivity contribution in [3.63, 3.8) is 0 Å². The summed E-state index contributed by atoms with van der Waals surface area (Å²) in [6.45, 7) is 7.04. The number of aromatic nitrogens is 1. The number of carbonyl (C=O) groups is 2. The van der Waals surface area contributed by atoms with Crippen LogP contribution in [0.3, 0.4) is 0 Å². The van der Waals surface area contributed by atoms with Crippen molar-refractivity contribution in [1.29, 1.82) is 0 Å². The summed E-state index contributed by atoms with van der Waals surface area (Å²) in [7, 11) is 1.30. The molecule has 6 nitrogen and oxygen atoms in total. The lowest BCUT2D eigenvalue weighted by Gasteiger charge is -2.19. The summed E-state index contributed by atoms with van der Waals surface area (Å²) in [5.41, 5.74) is 0.396. The zero-order valence-electron chi connectivity index (χ0n) is 11.7. The van der Waals surface area contributed by atoms with Gasteiger partial charge in [-0.25, -0.2) is 14.6 Å². The Balaban J connectivity index is 2.81. The smallest absolute Gasteiger partial charge is 0.413 e. The quantitative estimate of drug-likeness (QED) is 0.832. The minimum atomic E-state index is -0.589. The van der Waals surface area contributed by atoms with Crippen LogP contribution >= 0.6 is 0 Å². The molecular weight excluding hydrogens is 248 g/mol. The average Bonchev–Trinajstić information content (AvgIpc) is 2.28. The van der Waals surface area contributed by atoms with Gasteiger partial charge in [0.1, 0.15) is 11.4 Å². The maximum absolute atomic E-state index is 11.6. The number of hydrogen-bond acceptors (Lipinski definition) is 5. The topological polar surface area (TPSA) is 77.5 Å². The third-order valence-corrected chi connectivity index (χ3v) is 2.12. The number of esters is 1. The van der Waals surface area contributed by atoms with Gasteiger partial charge in [-0.05, 0) is 39.3 Å². The normalized spacial score (nSPS) is 10.8. The molecule has 0 bridgehead atoms. The standard InChI is InChI=1S/C13H18N2O4/c1-8-6-9(11(16)18-5)7-14-10(8)15-12(17)19-13(2,3)4/h6-7H,1-5H3,(H,14,15,17). The number of carbonyl (C=O) groups excluding carboxylic acids is 2. The molecule has 1 aromatic rings. The number of nitrogens with one attached hydrogen (secondary N) is 1. The van der Waals surface area contributed by atoms with E-state index in [-0.39, 0.29) is 0 Å². The Labute approximate surface area is 112 Å². The molecule has 0 fully saturated rings. The summed E-state index contributed by atoms with van der Waals surface area (Å²) in [6.07, 6.45) is 0.750. The van der Waals surface area contributed by atoms with E-state index in [2.05, 4.69) is 15.0 Å². The van der Waals surface area contributed by atoms with Crippen LogP contribution in [-0.4, -0.2) is 29.8 Å². The van der Waals surface area contributed by atoms with Crippen molar-refractivity contribution >= 4 is 17.9 Å². The second kappa shape index (κ2) is 5.69. The summed E-state index contributed by atoms with van der Waals surface area (Å²) >= 11 is 0. The Kier molecular flexibility index (Phi) is 4.47. The van der Waals surface area contributed by atoms with Crippen LogP contribution in [0.5, 0.6) is 0 Å². The van der Waals surface area contributed by atoms with Gasteiger partial charge in [-0.2, -0.15) is 0 Å². The number of pyridine rings is 1. The Morgan fingerprint density at radius 1 is 1.32 bits per heavy atom. The molecule has 0 aliphatic carbocycles. The van der Waals surface area contributed by atoms with E-state index in [1.165, 1.54) is 13.3 Å². The van der Waals surface area contributed by atoms with Crippen LogP contribution in [0.1, 0.15) is 36.7 Å². The molecule has 19 heavy (non-hydrogen) atoms. The SMILES string of the molecule is COC(=O)c1cnc(NC(=O)OC(C)(C)C)c(C)c1. The highest BCUT2D eigenvalue weighted by atomic mass is 16.6. The lowest BCUT2D eigenvalue weighted by atomic mass is 10.2. The molecule has 0 aliphatic heterocycles. The summed E-state index contributed by atoms with van der Waals surface area (Å²) in [6, 6.07) is 1.59. The number of hydrogen-bond donors (Lipinski definition) is 1. The molecule has 0 aliphatic rings. The Bertz CT molecular complexity index is 492. The van der Waals surface area contributed by atoms with Crippen LogP contribution < -0.4 is 5.32 Å². The van der Waals surface area contributed by atoms with E-state index in [4.69, 9.17) is 4.74 Å². The van der Waals surface area contributed by atoms with Crippen molar-refractivity contribution in [2.75, 3.05) is 12.4 Å². The first-order chi connectivity index (χ1) is 8.73. The van der Waals surface area contributed by atoms with Gasteiger partial charge < -0.3 is 9.47 Å². The molecule has 0 unspecified atom stereocenters. The molecule has 0 saturated heterocycles. The molecule has 1 aromatic heterocycles. The average molecular weight is 266 g/mol. The molecular formula is C13H18N2O4. The monoisotopic (exact) mass is 266 g/mol. The number of methoxy groups -OCH3 is 1. The molecule has 6 heteroatoms. The van der Waals surface area contributed by atoms with E-state index in [1.807, 2.05) is 0 Å². The molecule has 1 amide bonds. The molecule has 0 aromatic carbocycles. The number of rotatable bonds is 2. The predicted octanol–water partition coefficient (Wildman–Crippen LogP) is 2.52. The summed E-state index contributed by atoms with van der Waals surface area (Å²) in [4.78, 5) is 26.9. The van der Waals surface area contributed by atoms with Gasteiger partial charge in [0.25, 0.3) is 0 Å². The number of ether oxygens (including phenoxy) is 2. The number of nitrogens with zero attached hydrogens (tertiary/aromatic N) is 1. The fourth-order valence-corrected chi connectivity index (χ4v) is 1.34. The molecule has 1 rings (SSSR count). The molecule has 0 saturated carbocycles. The highest BCUT2D eigenvalue weighted by Crippen LogP contribution is 2.15. The number of anilines is 1. The third-order valence-electron chi connectivity index (χ3n) is 2.12. The zero-order chi connectivity index (χ0) is 14.6. The highest BCUT2D eigenvalue weighted by molar-refractivity contribution is 5.90. The first-order valence-electron chi connectivity index (χ1n) is 5.78. The van der Waals surface area contributed by atoms with Crippen molar-refractivity contribution in [2.24, 2.45) is 0 Å². The van der Waals surface area contributed by atoms with Crippen LogP contribution in [0.2, 0.25) is 0 Å². The van der Waals surface area contributed by atoms with Gasteiger partial charge in [0.2, 0.25) is 0 Å². The number of aryl methyl sites for hydroxylation is 1. The molecule has 0 spiro atoms. The molecule has 1 N–H and O–H groups in total. The predicted molar refractivity (Wildman–Crippen MR) is 70.2 cm³/mol. The fraction of sp³-hybridized carbons (Fsp3) is 0.462. The summed E-state index contributed by atoms with van der Waals surface area (Å²) in [5, 5.41) is 2.53. The Hall–Kier alpha value is -2.11. The van der Waals surface area contributed by atoms with Crippen molar-refractivity contribution < 1.29 is 19.1 Å². The molecule has 0 atom stereocenters. The molecule has 104 valence electrons. The van der Waals surface area contributed by atoms with Crippen molar-refractivity contribution in [3.05, 3.63) is 23.4 Å². The van der Waals surface area contributed by atoms with E-state index in [9.17, 15) is 9.59 Å². The maximum atomic E-state index is 11.6. The van der Waals surface area contributed by atoms with Crippen LogP contribution in [0.25, 0.3) is 0 Å². The number of amides is 1. The van der Waals surface area contributed by atoms with Gasteiger partial charge >= 0.3 is 12.1 Å². The van der Waals surface area contributed by atoms with Gasteiger partial charge in [0.05, 0.1) is 12.7 Å². The van der Waals surface area contributed by atoms with E-state index < -0.39 is 17.7 Å². The van der Waals surface area contributed by atoms with E-state index in [0.717, 1.165) is 0 Å². The van der Waals surface area contributed by atoms with Gasteiger partial charge in [-0.15, -0.1) is 0 Å². The Morgan fingerprint density at radius 2 is 1.95 bits per heavy atom. The van der Waals surface area contributed by atoms with Gasteiger partial charge in [-0.3, -0.25) is 5.32 Å². The van der Waals surface area contributed by atoms with E-state index in [0.29, 0.717) is 16.9 Å². The summed E-state index contributed by atoms with van der Waals surface area (Å²) in [5.74, 6) is -0.124. The maximum Gasteiger partial charge on any atom is 0.413 e. The van der Waals surface area contributed by atoms with Gasteiger partial charge in [0.15, 0.2) is 0 Å². The minimum absolute atomic E-state index is 0.328. The lowest BCUT2D eigenvalue weighted by molar-refractivity contribution is 0.0598. The van der Waals surface area contributed by atoms with Gasteiger partial charge in [0, 0.05) is 6.20 Å². The van der Waals surface area contributed by atoms with E-state index in [1.54, 1.807) is 33.8 Å². The molecule has 0 radical (unpaired) electrons. The first kappa shape index (κ1) is 14.9. The van der Waals surface area contributed by atoms with Crippen molar-refractivity contribution in [3.8, 4) is 0 Å². The lowest BCUT2D eigenvalue weighted by Crippen LogP contribution is -2.27. The van der Waals surface area contributed by atoms with Crippen LogP contribution in [0.15, 0.2) is 12.3 Å². The highest BCUT2D eigenvalue weighted by Gasteiger charge is 2.17.